The van der Waals surface area contributed by atoms with E-state index in [-0.39, 0.29) is 17.4 Å². The molecule has 2 aromatic carbocycles. The second kappa shape index (κ2) is 9.31. The zero-order chi connectivity index (χ0) is 20.7. The minimum absolute atomic E-state index is 0.0398. The van der Waals surface area contributed by atoms with Gasteiger partial charge < -0.3 is 0 Å². The Kier molecular flexibility index (Phi) is 7.10. The molecule has 0 aliphatic heterocycles. The summed E-state index contributed by atoms with van der Waals surface area (Å²) in [5, 5.41) is 21.5. The van der Waals surface area contributed by atoms with Crippen molar-refractivity contribution in [2.45, 2.75) is 17.9 Å². The SMILES string of the molecule is N#C/C(C(=O)Nc1ccc(C(F)(F)F)cc1)=C(/O)CC[Se](=O)c1ccccc1. The van der Waals surface area contributed by atoms with E-state index in [1.165, 1.54) is 0 Å². The summed E-state index contributed by atoms with van der Waals surface area (Å²) in [6, 6.07) is 13.9. The monoisotopic (exact) mass is 456 g/mol. The molecule has 2 N–H and O–H groups in total. The second-order valence-corrected chi connectivity index (χ2v) is 8.87. The van der Waals surface area contributed by atoms with Crippen LogP contribution in [0.5, 0.6) is 0 Å². The number of carbonyl (C=O) groups excluding carboxylic acids is 1. The van der Waals surface area contributed by atoms with Crippen LogP contribution in [0.2, 0.25) is 5.32 Å². The molecule has 0 saturated heterocycles. The second-order valence-electron chi connectivity index (χ2n) is 5.58. The Bertz CT molecular complexity index is 934. The number of carbonyl (C=O) groups is 1. The summed E-state index contributed by atoms with van der Waals surface area (Å²) in [4.78, 5) is 12.1. The topological polar surface area (TPSA) is 90.2 Å². The fourth-order valence-electron chi connectivity index (χ4n) is 2.19. The molecule has 28 heavy (non-hydrogen) atoms. The van der Waals surface area contributed by atoms with Crippen molar-refractivity contribution in [3.63, 3.8) is 0 Å². The Labute approximate surface area is 163 Å². The molecular weight excluding hydrogens is 440 g/mol. The Morgan fingerprint density at radius 3 is 2.25 bits per heavy atom. The van der Waals surface area contributed by atoms with E-state index >= 15 is 0 Å². The van der Waals surface area contributed by atoms with Crippen LogP contribution >= 0.6 is 0 Å². The van der Waals surface area contributed by atoms with Gasteiger partial charge in [0.1, 0.15) is 0 Å². The number of nitriles is 1. The molecule has 1 unspecified atom stereocenters. The summed E-state index contributed by atoms with van der Waals surface area (Å²) >= 11 is -2.44. The summed E-state index contributed by atoms with van der Waals surface area (Å²) in [5.74, 6) is -1.48. The summed E-state index contributed by atoms with van der Waals surface area (Å²) < 4.78 is 50.5. The molecule has 0 heterocycles. The first-order valence-corrected chi connectivity index (χ1v) is 10.7. The Morgan fingerprint density at radius 1 is 1.11 bits per heavy atom. The van der Waals surface area contributed by atoms with Crippen LogP contribution in [0.3, 0.4) is 0 Å². The maximum atomic E-state index is 12.5. The Hall–Kier alpha value is -2.95. The van der Waals surface area contributed by atoms with Gasteiger partial charge in [0.15, 0.2) is 0 Å². The number of nitrogens with one attached hydrogen (secondary N) is 1. The van der Waals surface area contributed by atoms with Crippen molar-refractivity contribution in [2.75, 3.05) is 5.32 Å². The van der Waals surface area contributed by atoms with Gasteiger partial charge in [-0.3, -0.25) is 0 Å². The third-order valence-corrected chi connectivity index (χ3v) is 6.51. The van der Waals surface area contributed by atoms with Crippen LogP contribution in [0.4, 0.5) is 18.9 Å². The zero-order valence-electron chi connectivity index (χ0n) is 14.4. The quantitative estimate of drug-likeness (QED) is 0.301. The summed E-state index contributed by atoms with van der Waals surface area (Å²) in [7, 11) is 0. The van der Waals surface area contributed by atoms with Crippen LogP contribution in [-0.2, 0) is 14.8 Å². The molecule has 0 radical (unpaired) electrons. The number of alkyl halides is 3. The van der Waals surface area contributed by atoms with Crippen molar-refractivity contribution in [3.8, 4) is 6.07 Å². The summed E-state index contributed by atoms with van der Waals surface area (Å²) in [6.07, 6.45) is -4.64. The van der Waals surface area contributed by atoms with E-state index in [0.29, 0.717) is 4.46 Å². The Morgan fingerprint density at radius 2 is 1.71 bits per heavy atom. The van der Waals surface area contributed by atoms with Gasteiger partial charge in [0.25, 0.3) is 0 Å². The molecule has 146 valence electrons. The number of aliphatic hydroxyl groups is 1. The molecule has 0 aliphatic rings. The van der Waals surface area contributed by atoms with E-state index < -0.39 is 42.8 Å². The number of allylic oxidation sites excluding steroid dienone is 1. The van der Waals surface area contributed by atoms with Gasteiger partial charge in [-0.25, -0.2) is 0 Å². The zero-order valence-corrected chi connectivity index (χ0v) is 16.1. The molecule has 0 aliphatic carbocycles. The number of nitrogens with zero attached hydrogens (tertiary/aromatic N) is 1. The number of rotatable bonds is 6. The van der Waals surface area contributed by atoms with Crippen LogP contribution in [-0.4, -0.2) is 24.8 Å². The summed E-state index contributed by atoms with van der Waals surface area (Å²) in [6.45, 7) is 0. The van der Waals surface area contributed by atoms with E-state index in [0.717, 1.165) is 24.3 Å². The van der Waals surface area contributed by atoms with Gasteiger partial charge in [0, 0.05) is 0 Å². The fourth-order valence-corrected chi connectivity index (χ4v) is 4.44. The third-order valence-electron chi connectivity index (χ3n) is 3.63. The molecule has 2 rings (SSSR count). The molecule has 5 nitrogen and oxygen atoms in total. The molecular formula is C19H15F3N2O3Se. The molecule has 0 saturated carbocycles. The molecule has 2 aromatic rings. The number of hydrogen-bond donors (Lipinski definition) is 2. The number of hydrogen-bond acceptors (Lipinski definition) is 4. The molecule has 1 amide bonds. The number of amides is 1. The average Bonchev–Trinajstić information content (AvgIpc) is 2.67. The molecule has 9 heteroatoms. The normalized spacial score (nSPS) is 13.2. The van der Waals surface area contributed by atoms with Crippen LogP contribution in [0.1, 0.15) is 12.0 Å². The van der Waals surface area contributed by atoms with Crippen molar-refractivity contribution in [2.24, 2.45) is 0 Å². The average molecular weight is 455 g/mol. The van der Waals surface area contributed by atoms with Crippen molar-refractivity contribution < 1.29 is 26.9 Å². The van der Waals surface area contributed by atoms with E-state index in [9.17, 15) is 26.9 Å². The van der Waals surface area contributed by atoms with Crippen LogP contribution < -0.4 is 9.78 Å². The van der Waals surface area contributed by atoms with Gasteiger partial charge in [0.05, 0.1) is 0 Å². The number of anilines is 1. The summed E-state index contributed by atoms with van der Waals surface area (Å²) in [5.41, 5.74) is -1.42. The van der Waals surface area contributed by atoms with Crippen molar-refractivity contribution in [1.82, 2.24) is 0 Å². The van der Waals surface area contributed by atoms with Gasteiger partial charge in [-0.1, -0.05) is 0 Å². The van der Waals surface area contributed by atoms with Crippen molar-refractivity contribution in [1.29, 1.82) is 5.26 Å². The first-order valence-electron chi connectivity index (χ1n) is 7.96. The van der Waals surface area contributed by atoms with Gasteiger partial charge in [-0.2, -0.15) is 0 Å². The fraction of sp³-hybridized carbons (Fsp3) is 0.158. The predicted octanol–water partition coefficient (Wildman–Crippen LogP) is 3.70. The van der Waals surface area contributed by atoms with Gasteiger partial charge in [0.2, 0.25) is 0 Å². The number of aliphatic hydroxyl groups excluding tert-OH is 1. The molecule has 0 fully saturated rings. The van der Waals surface area contributed by atoms with Gasteiger partial charge in [-0.05, 0) is 0 Å². The minimum atomic E-state index is -4.50. The first kappa shape index (κ1) is 21.4. The van der Waals surface area contributed by atoms with Crippen LogP contribution in [0.25, 0.3) is 0 Å². The molecule has 0 bridgehead atoms. The standard InChI is InChI=1S/C19H15F3N2O3Se/c20-19(21,22)13-6-8-14(9-7-13)24-18(26)16(12-23)17(25)10-11-28(27)15-4-2-1-3-5-15/h1-9,25H,10-11H2,(H,24,26)/b17-16-. The van der Waals surface area contributed by atoms with E-state index in [4.69, 9.17) is 5.26 Å². The van der Waals surface area contributed by atoms with Crippen LogP contribution in [0.15, 0.2) is 65.9 Å². The van der Waals surface area contributed by atoms with Crippen molar-refractivity contribution >= 4 is 29.9 Å². The Balaban J connectivity index is 2.05. The van der Waals surface area contributed by atoms with E-state index in [2.05, 4.69) is 5.32 Å². The van der Waals surface area contributed by atoms with E-state index in [1.807, 2.05) is 0 Å². The molecule has 0 aromatic heterocycles. The van der Waals surface area contributed by atoms with Gasteiger partial charge in [-0.15, -0.1) is 0 Å². The van der Waals surface area contributed by atoms with Gasteiger partial charge >= 0.3 is 163 Å². The number of benzene rings is 2. The van der Waals surface area contributed by atoms with E-state index in [1.54, 1.807) is 36.4 Å². The number of halogens is 3. The first-order chi connectivity index (χ1) is 13.2. The van der Waals surface area contributed by atoms with Crippen molar-refractivity contribution in [3.05, 3.63) is 71.5 Å². The predicted molar refractivity (Wildman–Crippen MR) is 97.3 cm³/mol. The molecule has 0 spiro atoms. The molecule has 1 atom stereocenters. The third kappa shape index (κ3) is 5.78. The van der Waals surface area contributed by atoms with Crippen LogP contribution in [0, 0.1) is 11.3 Å². The maximum absolute atomic E-state index is 12.5.